The predicted octanol–water partition coefficient (Wildman–Crippen LogP) is 3.51. The number of hydrogen-bond acceptors (Lipinski definition) is 2. The summed E-state index contributed by atoms with van der Waals surface area (Å²) in [5.41, 5.74) is 2.64. The summed E-state index contributed by atoms with van der Waals surface area (Å²) in [5.74, 6) is 0. The first kappa shape index (κ1) is 14.6. The number of anilines is 1. The highest BCUT2D eigenvalue weighted by Crippen LogP contribution is 2.15. The number of para-hydroxylation sites is 1. The molecule has 20 heavy (non-hydrogen) atoms. The van der Waals surface area contributed by atoms with Crippen LogP contribution in [0.2, 0.25) is 0 Å². The Bertz CT molecular complexity index is 469. The van der Waals surface area contributed by atoms with Crippen LogP contribution in [0.4, 0.5) is 5.69 Å². The lowest BCUT2D eigenvalue weighted by Crippen LogP contribution is -2.26. The van der Waals surface area contributed by atoms with E-state index >= 15 is 0 Å². The van der Waals surface area contributed by atoms with Gasteiger partial charge in [-0.25, -0.2) is 0 Å². The first-order valence-corrected chi connectivity index (χ1v) is 7.35. The van der Waals surface area contributed by atoms with Crippen molar-refractivity contribution in [1.82, 2.24) is 0 Å². The van der Waals surface area contributed by atoms with Gasteiger partial charge in [0.05, 0.1) is 0 Å². The second kappa shape index (κ2) is 8.39. The number of nitrogens with zero attached hydrogens (tertiary/aromatic N) is 1. The Kier molecular flexibility index (Phi) is 6.12. The number of aryl methyl sites for hydroxylation is 1. The Morgan fingerprint density at radius 3 is 2.00 bits per heavy atom. The zero-order chi connectivity index (χ0) is 14.0. The van der Waals surface area contributed by atoms with Crippen molar-refractivity contribution in [1.29, 1.82) is 0 Å². The fourth-order valence-corrected chi connectivity index (χ4v) is 2.39. The third kappa shape index (κ3) is 4.71. The summed E-state index contributed by atoms with van der Waals surface area (Å²) >= 11 is 0. The van der Waals surface area contributed by atoms with Crippen LogP contribution in [0.3, 0.4) is 0 Å². The van der Waals surface area contributed by atoms with Crippen molar-refractivity contribution in [3.05, 3.63) is 66.2 Å². The molecular weight excluding hydrogens is 246 g/mol. The minimum Gasteiger partial charge on any atom is -0.396 e. The van der Waals surface area contributed by atoms with Gasteiger partial charge >= 0.3 is 0 Å². The highest BCUT2D eigenvalue weighted by Gasteiger charge is 2.05. The van der Waals surface area contributed by atoms with E-state index in [1.165, 1.54) is 11.3 Å². The Morgan fingerprint density at radius 1 is 0.750 bits per heavy atom. The summed E-state index contributed by atoms with van der Waals surface area (Å²) in [5, 5.41) is 9.04. The smallest absolute Gasteiger partial charge is 0.0447 e. The molecule has 0 spiro atoms. The van der Waals surface area contributed by atoms with Crippen molar-refractivity contribution in [2.75, 3.05) is 24.6 Å². The molecule has 0 fully saturated rings. The van der Waals surface area contributed by atoms with E-state index in [9.17, 15) is 0 Å². The van der Waals surface area contributed by atoms with Gasteiger partial charge in [-0.3, -0.25) is 0 Å². The number of aliphatic hydroxyl groups excluding tert-OH is 1. The fourth-order valence-electron chi connectivity index (χ4n) is 2.39. The molecule has 1 N–H and O–H groups in total. The zero-order valence-electron chi connectivity index (χ0n) is 11.9. The van der Waals surface area contributed by atoms with Crippen molar-refractivity contribution in [3.8, 4) is 0 Å². The molecule has 2 aromatic rings. The highest BCUT2D eigenvalue weighted by molar-refractivity contribution is 5.45. The topological polar surface area (TPSA) is 23.5 Å². The molecule has 2 heteroatoms. The normalized spacial score (nSPS) is 10.4. The van der Waals surface area contributed by atoms with Gasteiger partial charge in [-0.2, -0.15) is 0 Å². The fraction of sp³-hybridized carbons (Fsp3) is 0.333. The second-order valence-corrected chi connectivity index (χ2v) is 4.99. The predicted molar refractivity (Wildman–Crippen MR) is 85.1 cm³/mol. The van der Waals surface area contributed by atoms with E-state index in [-0.39, 0.29) is 6.61 Å². The van der Waals surface area contributed by atoms with Crippen molar-refractivity contribution < 1.29 is 5.11 Å². The Morgan fingerprint density at radius 2 is 1.35 bits per heavy atom. The van der Waals surface area contributed by atoms with Gasteiger partial charge in [-0.05, 0) is 37.0 Å². The first-order valence-electron chi connectivity index (χ1n) is 7.35. The van der Waals surface area contributed by atoms with Gasteiger partial charge in [0.15, 0.2) is 0 Å². The van der Waals surface area contributed by atoms with Gasteiger partial charge in [-0.15, -0.1) is 0 Å². The van der Waals surface area contributed by atoms with Crippen molar-refractivity contribution in [2.24, 2.45) is 0 Å². The second-order valence-electron chi connectivity index (χ2n) is 4.99. The van der Waals surface area contributed by atoms with Crippen LogP contribution in [-0.4, -0.2) is 24.8 Å². The number of rotatable bonds is 8. The van der Waals surface area contributed by atoms with Gasteiger partial charge in [0.1, 0.15) is 0 Å². The quantitative estimate of drug-likeness (QED) is 0.792. The summed E-state index contributed by atoms with van der Waals surface area (Å²) in [6.07, 6.45) is 3.05. The molecule has 0 bridgehead atoms. The molecule has 0 saturated heterocycles. The van der Waals surface area contributed by atoms with E-state index in [1.54, 1.807) is 0 Å². The molecule has 0 saturated carbocycles. The van der Waals surface area contributed by atoms with Crippen LogP contribution in [0.15, 0.2) is 60.7 Å². The lowest BCUT2D eigenvalue weighted by Gasteiger charge is -2.24. The van der Waals surface area contributed by atoms with Gasteiger partial charge in [0, 0.05) is 25.4 Å². The third-order valence-electron chi connectivity index (χ3n) is 3.44. The SMILES string of the molecule is OCCCN(CCCc1ccccc1)c1ccccc1. The summed E-state index contributed by atoms with van der Waals surface area (Å²) in [6, 6.07) is 21.1. The molecule has 0 radical (unpaired) electrons. The third-order valence-corrected chi connectivity index (χ3v) is 3.44. The summed E-state index contributed by atoms with van der Waals surface area (Å²) in [6.45, 7) is 2.19. The maximum absolute atomic E-state index is 9.04. The minimum absolute atomic E-state index is 0.252. The van der Waals surface area contributed by atoms with E-state index in [0.717, 1.165) is 32.4 Å². The molecule has 0 aliphatic rings. The van der Waals surface area contributed by atoms with Crippen LogP contribution in [0.5, 0.6) is 0 Å². The van der Waals surface area contributed by atoms with E-state index in [4.69, 9.17) is 5.11 Å². The Hall–Kier alpha value is -1.80. The van der Waals surface area contributed by atoms with Gasteiger partial charge in [0.25, 0.3) is 0 Å². The first-order chi connectivity index (χ1) is 9.90. The van der Waals surface area contributed by atoms with Crippen molar-refractivity contribution in [2.45, 2.75) is 19.3 Å². The van der Waals surface area contributed by atoms with E-state index in [0.29, 0.717) is 0 Å². The molecule has 2 rings (SSSR count). The maximum atomic E-state index is 9.04. The van der Waals surface area contributed by atoms with E-state index in [1.807, 2.05) is 6.07 Å². The standard InChI is InChI=1S/C18H23NO/c20-16-8-15-19(18-12-5-2-6-13-18)14-7-11-17-9-3-1-4-10-17/h1-6,9-10,12-13,20H,7-8,11,14-16H2. The molecule has 2 aromatic carbocycles. The van der Waals surface area contributed by atoms with Crippen LogP contribution in [-0.2, 0) is 6.42 Å². The van der Waals surface area contributed by atoms with Gasteiger partial charge in [0.2, 0.25) is 0 Å². The molecule has 0 aliphatic heterocycles. The van der Waals surface area contributed by atoms with Crippen molar-refractivity contribution >= 4 is 5.69 Å². The highest BCUT2D eigenvalue weighted by atomic mass is 16.3. The van der Waals surface area contributed by atoms with E-state index < -0.39 is 0 Å². The van der Waals surface area contributed by atoms with Gasteiger partial charge in [-0.1, -0.05) is 48.5 Å². The lowest BCUT2D eigenvalue weighted by molar-refractivity contribution is 0.289. The summed E-state index contributed by atoms with van der Waals surface area (Å²) < 4.78 is 0. The average Bonchev–Trinajstić information content (AvgIpc) is 2.52. The summed E-state index contributed by atoms with van der Waals surface area (Å²) in [7, 11) is 0. The van der Waals surface area contributed by atoms with Crippen LogP contribution >= 0.6 is 0 Å². The molecule has 0 amide bonds. The maximum Gasteiger partial charge on any atom is 0.0447 e. The van der Waals surface area contributed by atoms with Crippen LogP contribution < -0.4 is 4.90 Å². The monoisotopic (exact) mass is 269 g/mol. The molecular formula is C18H23NO. The Labute approximate surface area is 121 Å². The van der Waals surface area contributed by atoms with Crippen LogP contribution in [0, 0.1) is 0 Å². The zero-order valence-corrected chi connectivity index (χ0v) is 11.9. The summed E-state index contributed by atoms with van der Waals surface area (Å²) in [4.78, 5) is 2.36. The number of aliphatic hydroxyl groups is 1. The minimum atomic E-state index is 0.252. The molecule has 0 aliphatic carbocycles. The molecule has 0 unspecified atom stereocenters. The lowest BCUT2D eigenvalue weighted by atomic mass is 10.1. The number of benzene rings is 2. The van der Waals surface area contributed by atoms with Gasteiger partial charge < -0.3 is 10.0 Å². The van der Waals surface area contributed by atoms with Crippen LogP contribution in [0.1, 0.15) is 18.4 Å². The molecule has 2 nitrogen and oxygen atoms in total. The van der Waals surface area contributed by atoms with Crippen molar-refractivity contribution in [3.63, 3.8) is 0 Å². The largest absolute Gasteiger partial charge is 0.396 e. The van der Waals surface area contributed by atoms with Crippen LogP contribution in [0.25, 0.3) is 0 Å². The molecule has 106 valence electrons. The average molecular weight is 269 g/mol. The molecule has 0 aromatic heterocycles. The van der Waals surface area contributed by atoms with E-state index in [2.05, 4.69) is 59.5 Å². The molecule has 0 heterocycles. The number of hydrogen-bond donors (Lipinski definition) is 1. The Balaban J connectivity index is 1.88. The molecule has 0 atom stereocenters.